The number of amides is 1. The number of aromatic nitrogens is 2. The van der Waals surface area contributed by atoms with Gasteiger partial charge in [0.2, 0.25) is 5.91 Å². The van der Waals surface area contributed by atoms with Crippen molar-refractivity contribution in [1.82, 2.24) is 9.36 Å². The van der Waals surface area contributed by atoms with Crippen LogP contribution in [0.25, 0.3) is 5.69 Å². The molecule has 1 N–H and O–H groups in total. The summed E-state index contributed by atoms with van der Waals surface area (Å²) in [7, 11) is -2.41. The SMILES string of the molecule is CCOc1ccc(N(CC(=O)Nc2c(C)n(C)n(-c3ccccc3)c2=O)S(=O)(=O)c2ccc(C)c(C)c2)cc1. The summed E-state index contributed by atoms with van der Waals surface area (Å²) in [5, 5.41) is 2.66. The highest BCUT2D eigenvalue weighted by Crippen LogP contribution is 2.27. The Morgan fingerprint density at radius 1 is 0.949 bits per heavy atom. The zero-order chi connectivity index (χ0) is 28.3. The van der Waals surface area contributed by atoms with E-state index < -0.39 is 28.0 Å². The molecule has 0 atom stereocenters. The molecule has 0 saturated carbocycles. The second kappa shape index (κ2) is 11.2. The number of carbonyl (C=O) groups is 1. The number of nitrogens with one attached hydrogen (secondary N) is 1. The van der Waals surface area contributed by atoms with Gasteiger partial charge in [0.15, 0.2) is 0 Å². The van der Waals surface area contributed by atoms with Crippen LogP contribution in [0.15, 0.2) is 82.5 Å². The summed E-state index contributed by atoms with van der Waals surface area (Å²) in [5.74, 6) is -0.0714. The summed E-state index contributed by atoms with van der Waals surface area (Å²) in [4.78, 5) is 26.7. The number of para-hydroxylation sites is 1. The molecule has 1 aromatic heterocycles. The molecule has 0 aliphatic rings. The number of ether oxygens (including phenoxy) is 1. The normalized spacial score (nSPS) is 11.3. The molecule has 0 spiro atoms. The first-order chi connectivity index (χ1) is 18.5. The van der Waals surface area contributed by atoms with Crippen LogP contribution >= 0.6 is 0 Å². The van der Waals surface area contributed by atoms with Gasteiger partial charge in [-0.25, -0.2) is 13.1 Å². The zero-order valence-electron chi connectivity index (χ0n) is 22.6. The molecule has 0 saturated heterocycles. The number of rotatable bonds is 9. The van der Waals surface area contributed by atoms with Crippen molar-refractivity contribution < 1.29 is 17.9 Å². The molecule has 0 unspecified atom stereocenters. The van der Waals surface area contributed by atoms with Crippen LogP contribution in [-0.2, 0) is 21.9 Å². The van der Waals surface area contributed by atoms with Gasteiger partial charge in [-0.15, -0.1) is 0 Å². The molecular weight excluding hydrogens is 516 g/mol. The standard InChI is InChI=1S/C29H32N4O5S/c1-6-38-25-15-13-23(14-16-25)32(39(36,37)26-17-12-20(2)21(3)18-26)19-27(34)30-28-22(4)31(5)33(29(28)35)24-10-8-7-9-11-24/h7-18H,6,19H2,1-5H3,(H,30,34). The van der Waals surface area contributed by atoms with Crippen molar-refractivity contribution in [3.05, 3.63) is 100.0 Å². The lowest BCUT2D eigenvalue weighted by Crippen LogP contribution is -2.38. The molecule has 1 amide bonds. The monoisotopic (exact) mass is 548 g/mol. The number of hydrogen-bond acceptors (Lipinski definition) is 5. The van der Waals surface area contributed by atoms with Crippen molar-refractivity contribution >= 4 is 27.3 Å². The molecule has 9 nitrogen and oxygen atoms in total. The van der Waals surface area contributed by atoms with Gasteiger partial charge >= 0.3 is 0 Å². The number of hydrogen-bond donors (Lipinski definition) is 1. The molecule has 0 radical (unpaired) electrons. The lowest BCUT2D eigenvalue weighted by Gasteiger charge is -2.24. The molecule has 3 aromatic carbocycles. The number of carbonyl (C=O) groups excluding carboxylic acids is 1. The highest BCUT2D eigenvalue weighted by Gasteiger charge is 2.29. The van der Waals surface area contributed by atoms with Gasteiger partial charge in [0.25, 0.3) is 15.6 Å². The van der Waals surface area contributed by atoms with Gasteiger partial charge in [-0.3, -0.25) is 18.6 Å². The second-order valence-corrected chi connectivity index (χ2v) is 11.0. The molecule has 10 heteroatoms. The Morgan fingerprint density at radius 3 is 2.23 bits per heavy atom. The maximum Gasteiger partial charge on any atom is 0.295 e. The zero-order valence-corrected chi connectivity index (χ0v) is 23.5. The molecular formula is C29H32N4O5S. The van der Waals surface area contributed by atoms with Gasteiger partial charge < -0.3 is 10.1 Å². The molecule has 0 fully saturated rings. The summed E-state index contributed by atoms with van der Waals surface area (Å²) in [6.07, 6.45) is 0. The smallest absolute Gasteiger partial charge is 0.295 e. The molecule has 0 aliphatic carbocycles. The van der Waals surface area contributed by atoms with E-state index in [9.17, 15) is 18.0 Å². The van der Waals surface area contributed by atoms with Crippen molar-refractivity contribution in [3.63, 3.8) is 0 Å². The van der Waals surface area contributed by atoms with Gasteiger partial charge in [0.1, 0.15) is 18.0 Å². The minimum Gasteiger partial charge on any atom is -0.494 e. The maximum absolute atomic E-state index is 13.8. The highest BCUT2D eigenvalue weighted by atomic mass is 32.2. The second-order valence-electron chi connectivity index (χ2n) is 9.17. The van der Waals surface area contributed by atoms with Gasteiger partial charge in [0, 0.05) is 7.05 Å². The average Bonchev–Trinajstić information content (AvgIpc) is 3.12. The average molecular weight is 549 g/mol. The Bertz CT molecular complexity index is 1660. The van der Waals surface area contributed by atoms with Crippen LogP contribution < -0.4 is 19.9 Å². The van der Waals surface area contributed by atoms with E-state index in [4.69, 9.17) is 4.74 Å². The fourth-order valence-electron chi connectivity index (χ4n) is 4.21. The number of sulfonamides is 1. The fourth-order valence-corrected chi connectivity index (χ4v) is 5.72. The summed E-state index contributed by atoms with van der Waals surface area (Å²) in [5.41, 5.74) is 2.89. The molecule has 0 bridgehead atoms. The summed E-state index contributed by atoms with van der Waals surface area (Å²) in [6, 6.07) is 20.4. The van der Waals surface area contributed by atoms with Crippen LogP contribution in [0.3, 0.4) is 0 Å². The molecule has 4 rings (SSSR count). The first kappa shape index (κ1) is 27.7. The van der Waals surface area contributed by atoms with Crippen molar-refractivity contribution in [2.75, 3.05) is 22.8 Å². The summed E-state index contributed by atoms with van der Waals surface area (Å²) in [6.45, 7) is 7.22. The molecule has 1 heterocycles. The minimum atomic E-state index is -4.13. The maximum atomic E-state index is 13.8. The van der Waals surface area contributed by atoms with Crippen molar-refractivity contribution in [3.8, 4) is 11.4 Å². The third-order valence-corrected chi connectivity index (χ3v) is 8.38. The van der Waals surface area contributed by atoms with Gasteiger partial charge in [-0.2, -0.15) is 0 Å². The first-order valence-corrected chi connectivity index (χ1v) is 13.9. The molecule has 4 aromatic rings. The predicted octanol–water partition coefficient (Wildman–Crippen LogP) is 4.33. The fraction of sp³-hybridized carbons (Fsp3) is 0.241. The van der Waals surface area contributed by atoms with Gasteiger partial charge in [0.05, 0.1) is 28.6 Å². The third kappa shape index (κ3) is 5.61. The van der Waals surface area contributed by atoms with E-state index in [0.717, 1.165) is 15.4 Å². The number of anilines is 2. The Hall–Kier alpha value is -4.31. The van der Waals surface area contributed by atoms with Crippen molar-refractivity contribution in [1.29, 1.82) is 0 Å². The van der Waals surface area contributed by atoms with Crippen molar-refractivity contribution in [2.24, 2.45) is 7.05 Å². The lowest BCUT2D eigenvalue weighted by atomic mass is 10.1. The minimum absolute atomic E-state index is 0.0645. The Balaban J connectivity index is 1.70. The Kier molecular flexibility index (Phi) is 7.96. The van der Waals surface area contributed by atoms with E-state index in [0.29, 0.717) is 29.4 Å². The van der Waals surface area contributed by atoms with E-state index in [1.165, 1.54) is 10.7 Å². The molecule has 39 heavy (non-hydrogen) atoms. The predicted molar refractivity (Wildman–Crippen MR) is 152 cm³/mol. The summed E-state index contributed by atoms with van der Waals surface area (Å²) >= 11 is 0. The van der Waals surface area contributed by atoms with Gasteiger partial charge in [-0.1, -0.05) is 24.3 Å². The number of aryl methyl sites for hydroxylation is 2. The van der Waals surface area contributed by atoms with Crippen LogP contribution in [0, 0.1) is 20.8 Å². The topological polar surface area (TPSA) is 103 Å². The highest BCUT2D eigenvalue weighted by molar-refractivity contribution is 7.92. The van der Waals surface area contributed by atoms with E-state index in [-0.39, 0.29) is 10.6 Å². The Labute approximate surface area is 228 Å². The lowest BCUT2D eigenvalue weighted by molar-refractivity contribution is -0.114. The van der Waals surface area contributed by atoms with E-state index >= 15 is 0 Å². The summed E-state index contributed by atoms with van der Waals surface area (Å²) < 4.78 is 37.2. The molecule has 204 valence electrons. The van der Waals surface area contributed by atoms with E-state index in [1.807, 2.05) is 39.0 Å². The first-order valence-electron chi connectivity index (χ1n) is 12.5. The van der Waals surface area contributed by atoms with Gasteiger partial charge in [-0.05, 0) is 87.4 Å². The quantitative estimate of drug-likeness (QED) is 0.335. The number of nitrogens with zero attached hydrogens (tertiary/aromatic N) is 3. The van der Waals surface area contributed by atoms with Crippen molar-refractivity contribution in [2.45, 2.75) is 32.6 Å². The Morgan fingerprint density at radius 2 is 1.62 bits per heavy atom. The van der Waals surface area contributed by atoms with Crippen LogP contribution in [0.2, 0.25) is 0 Å². The number of benzene rings is 3. The largest absolute Gasteiger partial charge is 0.494 e. The third-order valence-electron chi connectivity index (χ3n) is 6.61. The van der Waals surface area contributed by atoms with Crippen LogP contribution in [0.5, 0.6) is 5.75 Å². The van der Waals surface area contributed by atoms with Crippen LogP contribution in [0.4, 0.5) is 11.4 Å². The van der Waals surface area contributed by atoms with E-state index in [1.54, 1.807) is 67.2 Å². The van der Waals surface area contributed by atoms with Crippen LogP contribution in [0.1, 0.15) is 23.7 Å². The molecule has 0 aliphatic heterocycles. The van der Waals surface area contributed by atoms with Crippen LogP contribution in [-0.4, -0.2) is 36.8 Å². The van der Waals surface area contributed by atoms with E-state index in [2.05, 4.69) is 5.32 Å².